The number of carbonyl (C=O) groups excluding carboxylic acids is 6. The molecule has 4 heterocycles. The second-order valence-electron chi connectivity index (χ2n) is 32.7. The molecule has 21 nitrogen and oxygen atoms in total. The van der Waals surface area contributed by atoms with Gasteiger partial charge in [-0.15, -0.1) is 0 Å². The Kier molecular flexibility index (Phi) is 39.3. The van der Waals surface area contributed by atoms with Crippen molar-refractivity contribution in [2.45, 2.75) is 213 Å². The second kappa shape index (κ2) is 50.2. The summed E-state index contributed by atoms with van der Waals surface area (Å²) in [5.41, 5.74) is 5.65. The highest BCUT2D eigenvalue weighted by Gasteiger charge is 2.36. The van der Waals surface area contributed by atoms with E-state index in [0.717, 1.165) is 118 Å². The van der Waals surface area contributed by atoms with E-state index in [9.17, 15) is 46.3 Å². The number of rotatable bonds is 29. The zero-order valence-electron chi connectivity index (χ0n) is 74.1. The third-order valence-electron chi connectivity index (χ3n) is 23.8. The summed E-state index contributed by atoms with van der Waals surface area (Å²) in [6.45, 7) is 27.5. The molecule has 26 heteroatoms. The van der Waals surface area contributed by atoms with Gasteiger partial charge in [-0.25, -0.2) is 23.6 Å². The minimum atomic E-state index is -4.49. The number of urea groups is 4. The average Bonchev–Trinajstić information content (AvgIpc) is 0.771. The Morgan fingerprint density at radius 3 is 1.11 bits per heavy atom. The van der Waals surface area contributed by atoms with Gasteiger partial charge in [0.2, 0.25) is 11.8 Å². The summed E-state index contributed by atoms with van der Waals surface area (Å²) < 4.78 is 63.8. The number of piperidine rings is 4. The Morgan fingerprint density at radius 2 is 0.768 bits per heavy atom. The largest absolute Gasteiger partial charge is 0.497 e. The lowest BCUT2D eigenvalue weighted by atomic mass is 10.00. The molecular weight excluding hydrogens is 1610 g/mol. The van der Waals surface area contributed by atoms with Gasteiger partial charge in [-0.3, -0.25) is 9.59 Å². The van der Waals surface area contributed by atoms with E-state index in [0.29, 0.717) is 98.1 Å². The van der Waals surface area contributed by atoms with Gasteiger partial charge in [0.05, 0.1) is 36.2 Å². The molecule has 0 aliphatic carbocycles. The van der Waals surface area contributed by atoms with Crippen molar-refractivity contribution in [3.05, 3.63) is 258 Å². The van der Waals surface area contributed by atoms with Gasteiger partial charge in [0, 0.05) is 157 Å². The van der Waals surface area contributed by atoms with Crippen molar-refractivity contribution in [1.29, 1.82) is 0 Å². The van der Waals surface area contributed by atoms with Gasteiger partial charge in [-0.2, -0.15) is 13.2 Å². The first-order valence-corrected chi connectivity index (χ1v) is 44.5. The van der Waals surface area contributed by atoms with Gasteiger partial charge in [-0.05, 0) is 186 Å². The molecule has 4 aliphatic heterocycles. The number of methoxy groups -OCH3 is 2. The fourth-order valence-electron chi connectivity index (χ4n) is 16.7. The molecule has 4 fully saturated rings. The Labute approximate surface area is 742 Å². The van der Waals surface area contributed by atoms with Crippen LogP contribution >= 0.6 is 11.6 Å². The van der Waals surface area contributed by atoms with Crippen LogP contribution in [0.3, 0.4) is 0 Å². The Morgan fingerprint density at radius 1 is 0.432 bits per heavy atom. The number of ether oxygens (including phenoxy) is 2. The molecule has 8 aromatic carbocycles. The topological polar surface area (TPSA) is 207 Å². The highest BCUT2D eigenvalue weighted by Crippen LogP contribution is 2.34. The zero-order chi connectivity index (χ0) is 89.8. The van der Waals surface area contributed by atoms with E-state index in [1.165, 1.54) is 76.8 Å². The van der Waals surface area contributed by atoms with Gasteiger partial charge >= 0.3 is 30.3 Å². The maximum atomic E-state index is 14.4. The minimum absolute atomic E-state index is 0.0807. The third kappa shape index (κ3) is 31.0. The molecule has 0 radical (unpaired) electrons. The van der Waals surface area contributed by atoms with Crippen LogP contribution in [0.1, 0.15) is 166 Å². The summed E-state index contributed by atoms with van der Waals surface area (Å²) in [5.74, 6) is 0.310. The van der Waals surface area contributed by atoms with E-state index in [4.69, 9.17) is 21.1 Å². The van der Waals surface area contributed by atoms with Crippen molar-refractivity contribution in [1.82, 2.24) is 39.2 Å². The van der Waals surface area contributed by atoms with E-state index >= 15 is 0 Å². The van der Waals surface area contributed by atoms with Crippen LogP contribution in [-0.2, 0) is 41.9 Å². The Balaban J connectivity index is 0.000000189. The van der Waals surface area contributed by atoms with Gasteiger partial charge < -0.3 is 75.3 Å². The van der Waals surface area contributed by atoms with Gasteiger partial charge in [0.15, 0.2) is 0 Å². The molecule has 0 bridgehead atoms. The van der Waals surface area contributed by atoms with E-state index in [1.807, 2.05) is 124 Å². The number of hydrogen-bond acceptors (Lipinski definition) is 11. The highest BCUT2D eigenvalue weighted by molar-refractivity contribution is 6.33. The number of likely N-dealkylation sites (tertiary alicyclic amines) is 4. The molecule has 3 atom stereocenters. The maximum absolute atomic E-state index is 14.4. The SMILES string of the molecule is C=CC(=O)N1CCC(N(Cc2ccccc2)C(=O)Nc2cccc(C(F)(F)F)c2)CC1.CCCC(C)N1CCC(N(Cc2ccccc2)C(=O)Nc2cc(OC)ccc2Cl)CC1.CCCC(C)N1CCC(N(Cc2ccccc2)C(=O)Nc2ccc(NC(C)=O)cc2)CC1.CCCC(C)N1CCC(N(Cc2ccccc2)C(=O)Nc2ccc(OC)cc2F)CC1. The Hall–Kier alpha value is -11.0. The standard InChI is InChI=1S/C26H36N4O2.C25H34ClN3O2.C25H34FN3O2.C23H24F3N3O2/c1-4-8-20(2)29-17-15-25(16-18-29)30(19-22-9-6-5-7-10-22)26(32)28-24-13-11-23(12-14-24)27-21(3)31;1-4-8-19(2)28-15-13-21(14-16-28)29(18-20-9-6-5-7-10-20)25(30)27-24-17-22(31-3)11-12-23(24)26;1-4-8-19(2)28-15-13-21(14-16-28)29(18-20-9-6-5-7-10-20)25(30)27-24-12-11-22(31-3)17-23(24)26;1-2-21(30)28-13-11-20(12-14-28)29(16-17-7-4-3-5-8-17)22(31)27-19-10-6-9-18(15-19)23(24,25)26/h5-7,9-14,20,25H,4,8,15-19H2,1-3H3,(H,27,31)(H,28,32);2*5-7,9-12,17,19,21H,4,8,13-16,18H2,1-3H3,(H,27,30);2-10,15,20H,1,11-14,16H2,(H,27,31). The van der Waals surface area contributed by atoms with Crippen molar-refractivity contribution in [3.8, 4) is 11.5 Å². The summed E-state index contributed by atoms with van der Waals surface area (Å²) in [6, 6.07) is 62.4. The van der Waals surface area contributed by atoms with Crippen molar-refractivity contribution in [3.63, 3.8) is 0 Å². The molecule has 4 saturated heterocycles. The van der Waals surface area contributed by atoms with Crippen LogP contribution < -0.4 is 36.1 Å². The molecule has 0 saturated carbocycles. The number of alkyl halides is 3. The number of benzene rings is 8. The van der Waals surface area contributed by atoms with Crippen LogP contribution in [0.5, 0.6) is 11.5 Å². The first-order valence-electron chi connectivity index (χ1n) is 44.1. The average molecular weight is 1740 g/mol. The number of carbonyl (C=O) groups is 6. The number of amides is 10. The van der Waals surface area contributed by atoms with Crippen LogP contribution in [-0.4, -0.2) is 184 Å². The van der Waals surface area contributed by atoms with E-state index in [-0.39, 0.29) is 65.4 Å². The molecule has 0 spiro atoms. The number of nitrogens with zero attached hydrogens (tertiary/aromatic N) is 8. The normalized spacial score (nSPS) is 15.6. The minimum Gasteiger partial charge on any atom is -0.497 e. The lowest BCUT2D eigenvalue weighted by molar-refractivity contribution is -0.137. The molecule has 0 aromatic heterocycles. The summed E-state index contributed by atoms with van der Waals surface area (Å²) in [5, 5.41) is 14.7. The molecule has 4 aliphatic rings. The molecule has 8 aromatic rings. The summed E-state index contributed by atoms with van der Waals surface area (Å²) in [6.07, 6.45) is 10.9. The first-order chi connectivity index (χ1) is 60.3. The molecule has 5 N–H and O–H groups in total. The number of nitrogens with one attached hydrogen (secondary N) is 5. The number of anilines is 5. The third-order valence-corrected chi connectivity index (χ3v) is 24.1. The predicted octanol–water partition coefficient (Wildman–Crippen LogP) is 21.8. The monoisotopic (exact) mass is 1740 g/mol. The zero-order valence-corrected chi connectivity index (χ0v) is 74.8. The summed E-state index contributed by atoms with van der Waals surface area (Å²) in [7, 11) is 3.09. The van der Waals surface area contributed by atoms with Crippen molar-refractivity contribution in [2.24, 2.45) is 0 Å². The highest BCUT2D eigenvalue weighted by atomic mass is 35.5. The van der Waals surface area contributed by atoms with Crippen molar-refractivity contribution < 1.29 is 55.8 Å². The smallest absolute Gasteiger partial charge is 0.416 e. The predicted molar refractivity (Wildman–Crippen MR) is 494 cm³/mol. The molecule has 10 amide bonds. The molecule has 12 rings (SSSR count). The first kappa shape index (κ1) is 97.8. The second-order valence-corrected chi connectivity index (χ2v) is 33.1. The molecule has 3 unspecified atom stereocenters. The lowest BCUT2D eigenvalue weighted by Crippen LogP contribution is -2.50. The molecule has 672 valence electrons. The van der Waals surface area contributed by atoms with Gasteiger partial charge in [0.1, 0.15) is 17.3 Å². The molecule has 125 heavy (non-hydrogen) atoms. The fourth-order valence-corrected chi connectivity index (χ4v) is 16.8. The van der Waals surface area contributed by atoms with Crippen LogP contribution in [0.25, 0.3) is 0 Å². The quantitative estimate of drug-likeness (QED) is 0.0220. The van der Waals surface area contributed by atoms with E-state index < -0.39 is 23.6 Å². The number of halogens is 5. The van der Waals surface area contributed by atoms with E-state index in [1.54, 1.807) is 59.4 Å². The lowest BCUT2D eigenvalue weighted by Gasteiger charge is -2.40. The van der Waals surface area contributed by atoms with Crippen LogP contribution in [0.4, 0.5) is 65.2 Å². The van der Waals surface area contributed by atoms with Crippen LogP contribution in [0.15, 0.2) is 219 Å². The van der Waals surface area contributed by atoms with Crippen molar-refractivity contribution in [2.75, 3.05) is 93.2 Å². The number of hydrogen-bond donors (Lipinski definition) is 5. The van der Waals surface area contributed by atoms with Gasteiger partial charge in [-0.1, -0.05) is 186 Å². The fraction of sp³-hybridized carbons (Fsp3) is 0.434. The van der Waals surface area contributed by atoms with E-state index in [2.05, 4.69) is 114 Å². The van der Waals surface area contributed by atoms with Crippen molar-refractivity contribution >= 4 is 76.0 Å². The maximum Gasteiger partial charge on any atom is 0.416 e. The Bertz CT molecular complexity index is 4630. The van der Waals surface area contributed by atoms with Crippen LogP contribution in [0, 0.1) is 5.82 Å². The molecular formula is C99H128ClF4N13O8. The van der Waals surface area contributed by atoms with Gasteiger partial charge in [0.25, 0.3) is 0 Å². The summed E-state index contributed by atoms with van der Waals surface area (Å²) in [4.78, 5) is 92.9. The summed E-state index contributed by atoms with van der Waals surface area (Å²) >= 11 is 6.34. The van der Waals surface area contributed by atoms with Crippen LogP contribution in [0.2, 0.25) is 5.02 Å².